The first-order chi connectivity index (χ1) is 13.1. The Morgan fingerprint density at radius 1 is 1.11 bits per heavy atom. The molecule has 6 heteroatoms. The molecule has 0 spiro atoms. The van der Waals surface area contributed by atoms with Crippen molar-refractivity contribution >= 4 is 29.1 Å². The van der Waals surface area contributed by atoms with Crippen LogP contribution >= 0.6 is 11.6 Å². The molecular weight excluding hydrogens is 364 g/mol. The van der Waals surface area contributed by atoms with Gasteiger partial charge in [-0.3, -0.25) is 9.59 Å². The lowest BCUT2D eigenvalue weighted by atomic mass is 10.1. The fourth-order valence-electron chi connectivity index (χ4n) is 3.02. The van der Waals surface area contributed by atoms with Gasteiger partial charge in [-0.25, -0.2) is 0 Å². The minimum absolute atomic E-state index is 0.0788. The van der Waals surface area contributed by atoms with E-state index in [0.717, 1.165) is 25.0 Å². The molecule has 2 aromatic rings. The molecule has 1 unspecified atom stereocenters. The Labute approximate surface area is 164 Å². The smallest absolute Gasteiger partial charge is 0.253 e. The third kappa shape index (κ3) is 5.81. The van der Waals surface area contributed by atoms with Gasteiger partial charge in [0.1, 0.15) is 0 Å². The second-order valence-electron chi connectivity index (χ2n) is 6.57. The summed E-state index contributed by atoms with van der Waals surface area (Å²) in [6, 6.07) is 14.5. The van der Waals surface area contributed by atoms with Crippen LogP contribution in [-0.4, -0.2) is 31.1 Å². The van der Waals surface area contributed by atoms with E-state index in [4.69, 9.17) is 16.3 Å². The lowest BCUT2D eigenvalue weighted by Gasteiger charge is -2.14. The van der Waals surface area contributed by atoms with Gasteiger partial charge < -0.3 is 15.4 Å². The number of anilines is 1. The molecule has 2 aromatic carbocycles. The molecule has 3 rings (SSSR count). The molecule has 1 aliphatic rings. The molecule has 1 aliphatic heterocycles. The number of hydrogen-bond acceptors (Lipinski definition) is 3. The predicted molar refractivity (Wildman–Crippen MR) is 106 cm³/mol. The maximum absolute atomic E-state index is 12.5. The van der Waals surface area contributed by atoms with Crippen molar-refractivity contribution in [1.82, 2.24) is 5.32 Å². The molecule has 1 fully saturated rings. The van der Waals surface area contributed by atoms with Crippen molar-refractivity contribution in [2.75, 3.05) is 18.5 Å². The fraction of sp³-hybridized carbons (Fsp3) is 0.333. The van der Waals surface area contributed by atoms with Crippen LogP contribution in [0.25, 0.3) is 0 Å². The van der Waals surface area contributed by atoms with Crippen LogP contribution in [0.1, 0.15) is 35.2 Å². The quantitative estimate of drug-likeness (QED) is 0.760. The van der Waals surface area contributed by atoms with Crippen molar-refractivity contribution in [1.29, 1.82) is 0 Å². The van der Waals surface area contributed by atoms with Crippen molar-refractivity contribution in [3.8, 4) is 0 Å². The number of ether oxygens (including phenoxy) is 1. The number of carbonyl (C=O) groups excluding carboxylic acids is 2. The second kappa shape index (κ2) is 9.53. The summed E-state index contributed by atoms with van der Waals surface area (Å²) in [7, 11) is 0. The highest BCUT2D eigenvalue weighted by molar-refractivity contribution is 6.30. The number of aryl methyl sites for hydroxylation is 1. The van der Waals surface area contributed by atoms with Crippen LogP contribution in [0.2, 0.25) is 5.02 Å². The highest BCUT2D eigenvalue weighted by atomic mass is 35.5. The largest absolute Gasteiger partial charge is 0.376 e. The van der Waals surface area contributed by atoms with E-state index in [1.165, 1.54) is 0 Å². The molecule has 0 aromatic heterocycles. The monoisotopic (exact) mass is 386 g/mol. The van der Waals surface area contributed by atoms with Gasteiger partial charge in [-0.2, -0.15) is 0 Å². The SMILES string of the molecule is O=C(CCc1ccc(Cl)cc1)Nc1ccccc1C(=O)NCC1CCCO1. The zero-order valence-electron chi connectivity index (χ0n) is 15.0. The average molecular weight is 387 g/mol. The molecule has 142 valence electrons. The number of halogens is 1. The number of benzene rings is 2. The number of rotatable bonds is 7. The fourth-order valence-corrected chi connectivity index (χ4v) is 3.14. The summed E-state index contributed by atoms with van der Waals surface area (Å²) < 4.78 is 5.52. The zero-order chi connectivity index (χ0) is 19.1. The first-order valence-electron chi connectivity index (χ1n) is 9.15. The number of para-hydroxylation sites is 1. The van der Waals surface area contributed by atoms with Gasteiger partial charge in [0.2, 0.25) is 5.91 Å². The molecule has 0 radical (unpaired) electrons. The van der Waals surface area contributed by atoms with E-state index in [1.807, 2.05) is 24.3 Å². The van der Waals surface area contributed by atoms with Crippen LogP contribution < -0.4 is 10.6 Å². The Morgan fingerprint density at radius 2 is 1.89 bits per heavy atom. The van der Waals surface area contributed by atoms with Crippen molar-refractivity contribution in [2.45, 2.75) is 31.8 Å². The van der Waals surface area contributed by atoms with Crippen molar-refractivity contribution in [3.63, 3.8) is 0 Å². The van der Waals surface area contributed by atoms with Crippen LogP contribution in [0.15, 0.2) is 48.5 Å². The third-order valence-electron chi connectivity index (χ3n) is 4.51. The standard InChI is InChI=1S/C21H23ClN2O3/c22-16-10-7-15(8-11-16)9-12-20(25)24-19-6-2-1-5-18(19)21(26)23-14-17-4-3-13-27-17/h1-2,5-8,10-11,17H,3-4,9,12-14H2,(H,23,26)(H,24,25). The van der Waals surface area contributed by atoms with Crippen LogP contribution in [0, 0.1) is 0 Å². The molecule has 1 heterocycles. The summed E-state index contributed by atoms with van der Waals surface area (Å²) in [5.74, 6) is -0.344. The maximum atomic E-state index is 12.5. The minimum Gasteiger partial charge on any atom is -0.376 e. The Balaban J connectivity index is 1.55. The Kier molecular flexibility index (Phi) is 6.85. The van der Waals surface area contributed by atoms with Crippen molar-refractivity contribution in [3.05, 3.63) is 64.7 Å². The topological polar surface area (TPSA) is 67.4 Å². The number of carbonyl (C=O) groups is 2. The van der Waals surface area contributed by atoms with E-state index in [0.29, 0.717) is 35.7 Å². The van der Waals surface area contributed by atoms with E-state index in [-0.39, 0.29) is 17.9 Å². The molecule has 0 aliphatic carbocycles. The number of nitrogens with one attached hydrogen (secondary N) is 2. The van der Waals surface area contributed by atoms with E-state index < -0.39 is 0 Å². The maximum Gasteiger partial charge on any atom is 0.253 e. The molecule has 27 heavy (non-hydrogen) atoms. The Bertz CT molecular complexity index is 786. The van der Waals surface area contributed by atoms with Crippen LogP contribution in [-0.2, 0) is 16.0 Å². The summed E-state index contributed by atoms with van der Waals surface area (Å²) in [5, 5.41) is 6.41. The summed E-state index contributed by atoms with van der Waals surface area (Å²) in [6.07, 6.45) is 3.00. The lowest BCUT2D eigenvalue weighted by Crippen LogP contribution is -2.32. The summed E-state index contributed by atoms with van der Waals surface area (Å²) in [5.41, 5.74) is 2.01. The van der Waals surface area contributed by atoms with Crippen LogP contribution in [0.4, 0.5) is 5.69 Å². The summed E-state index contributed by atoms with van der Waals surface area (Å²) in [6.45, 7) is 1.23. The van der Waals surface area contributed by atoms with E-state index in [1.54, 1.807) is 24.3 Å². The second-order valence-corrected chi connectivity index (χ2v) is 7.00. The highest BCUT2D eigenvalue weighted by Crippen LogP contribution is 2.17. The first kappa shape index (κ1) is 19.4. The molecule has 2 amide bonds. The van der Waals surface area contributed by atoms with Crippen molar-refractivity contribution < 1.29 is 14.3 Å². The van der Waals surface area contributed by atoms with Gasteiger partial charge in [0.05, 0.1) is 17.4 Å². The van der Waals surface area contributed by atoms with Gasteiger partial charge in [-0.15, -0.1) is 0 Å². The summed E-state index contributed by atoms with van der Waals surface area (Å²) >= 11 is 5.87. The third-order valence-corrected chi connectivity index (χ3v) is 4.77. The van der Waals surface area contributed by atoms with E-state index >= 15 is 0 Å². The molecule has 2 N–H and O–H groups in total. The molecule has 0 bridgehead atoms. The van der Waals surface area contributed by atoms with Gasteiger partial charge in [-0.1, -0.05) is 35.9 Å². The van der Waals surface area contributed by atoms with Crippen molar-refractivity contribution in [2.24, 2.45) is 0 Å². The first-order valence-corrected chi connectivity index (χ1v) is 9.53. The van der Waals surface area contributed by atoms with E-state index in [2.05, 4.69) is 10.6 Å². The summed E-state index contributed by atoms with van der Waals surface area (Å²) in [4.78, 5) is 24.8. The molecule has 0 saturated carbocycles. The van der Waals surface area contributed by atoms with E-state index in [9.17, 15) is 9.59 Å². The number of hydrogen-bond donors (Lipinski definition) is 2. The number of amides is 2. The molecule has 1 atom stereocenters. The Morgan fingerprint density at radius 3 is 2.63 bits per heavy atom. The highest BCUT2D eigenvalue weighted by Gasteiger charge is 2.18. The molecule has 5 nitrogen and oxygen atoms in total. The minimum atomic E-state index is -0.209. The normalized spacial score (nSPS) is 16.1. The van der Waals surface area contributed by atoms with Gasteiger partial charge in [-0.05, 0) is 49.1 Å². The average Bonchev–Trinajstić information content (AvgIpc) is 3.20. The Hall–Kier alpha value is -2.37. The molecule has 1 saturated heterocycles. The van der Waals surface area contributed by atoms with Gasteiger partial charge >= 0.3 is 0 Å². The van der Waals surface area contributed by atoms with Crippen LogP contribution in [0.5, 0.6) is 0 Å². The van der Waals surface area contributed by atoms with Gasteiger partial charge in [0, 0.05) is 24.6 Å². The molecular formula is C21H23ClN2O3. The van der Waals surface area contributed by atoms with Gasteiger partial charge in [0.25, 0.3) is 5.91 Å². The van der Waals surface area contributed by atoms with Gasteiger partial charge in [0.15, 0.2) is 0 Å². The van der Waals surface area contributed by atoms with Crippen LogP contribution in [0.3, 0.4) is 0 Å². The zero-order valence-corrected chi connectivity index (χ0v) is 15.8. The lowest BCUT2D eigenvalue weighted by molar-refractivity contribution is -0.116. The predicted octanol–water partition coefficient (Wildman–Crippen LogP) is 3.82.